The molecule has 0 radical (unpaired) electrons. The van der Waals surface area contributed by atoms with E-state index in [9.17, 15) is 4.79 Å². The predicted molar refractivity (Wildman–Crippen MR) is 136 cm³/mol. The molecule has 166 valence electrons. The largest absolute Gasteiger partial charge is 0.415 e. The Hall–Kier alpha value is -3.38. The zero-order valence-electron chi connectivity index (χ0n) is 18.4. The summed E-state index contributed by atoms with van der Waals surface area (Å²) in [4.78, 5) is 21.5. The highest BCUT2D eigenvalue weighted by molar-refractivity contribution is 9.10. The number of benzene rings is 3. The second kappa shape index (κ2) is 9.24. The molecule has 0 spiro atoms. The maximum absolute atomic E-state index is 12.7. The molecule has 2 heterocycles. The fourth-order valence-electron chi connectivity index (χ4n) is 4.20. The maximum Gasteiger partial charge on any atom is 0.415 e. The van der Waals surface area contributed by atoms with E-state index in [0.717, 1.165) is 45.3 Å². The third kappa shape index (κ3) is 4.71. The lowest BCUT2D eigenvalue weighted by atomic mass is 10.1. The van der Waals surface area contributed by atoms with Gasteiger partial charge < -0.3 is 14.5 Å². The molecule has 1 aliphatic heterocycles. The summed E-state index contributed by atoms with van der Waals surface area (Å²) in [5, 5.41) is 1.14. The standard InChI is InChI=1S/C27H24BrN3O2/c1-19-18-26(24-4-2-3-5-25(24)29-19)30-14-16-31(17-15-30)27(32)33-23-12-8-21(9-13-23)20-6-10-22(28)11-7-20/h2-13,18H,14-17H2,1H3. The molecule has 1 aliphatic rings. The van der Waals surface area contributed by atoms with Crippen LogP contribution in [0.4, 0.5) is 10.5 Å². The second-order valence-electron chi connectivity index (χ2n) is 8.17. The Morgan fingerprint density at radius 2 is 1.52 bits per heavy atom. The number of nitrogens with zero attached hydrogens (tertiary/aromatic N) is 3. The minimum atomic E-state index is -0.304. The Labute approximate surface area is 201 Å². The molecule has 1 aromatic heterocycles. The van der Waals surface area contributed by atoms with E-state index in [4.69, 9.17) is 4.74 Å². The van der Waals surface area contributed by atoms with Gasteiger partial charge in [-0.3, -0.25) is 4.98 Å². The first-order valence-corrected chi connectivity index (χ1v) is 11.8. The average molecular weight is 502 g/mol. The zero-order valence-corrected chi connectivity index (χ0v) is 20.0. The molecule has 0 saturated carbocycles. The van der Waals surface area contributed by atoms with Crippen molar-refractivity contribution < 1.29 is 9.53 Å². The topological polar surface area (TPSA) is 45.7 Å². The van der Waals surface area contributed by atoms with Crippen molar-refractivity contribution in [3.05, 3.63) is 89.0 Å². The van der Waals surface area contributed by atoms with Crippen LogP contribution < -0.4 is 9.64 Å². The Morgan fingerprint density at radius 3 is 2.21 bits per heavy atom. The monoisotopic (exact) mass is 501 g/mol. The number of anilines is 1. The number of rotatable bonds is 3. The number of carbonyl (C=O) groups is 1. The summed E-state index contributed by atoms with van der Waals surface area (Å²) in [5.41, 5.74) is 5.37. The van der Waals surface area contributed by atoms with Gasteiger partial charge in [-0.15, -0.1) is 0 Å². The molecule has 1 amide bonds. The van der Waals surface area contributed by atoms with Gasteiger partial charge in [0.2, 0.25) is 0 Å². The van der Waals surface area contributed by atoms with Crippen LogP contribution in [0.25, 0.3) is 22.0 Å². The van der Waals surface area contributed by atoms with Gasteiger partial charge in [0, 0.05) is 47.4 Å². The number of carbonyl (C=O) groups excluding carboxylic acids is 1. The van der Waals surface area contributed by atoms with Crippen LogP contribution in [-0.4, -0.2) is 42.2 Å². The van der Waals surface area contributed by atoms with Gasteiger partial charge in [0.1, 0.15) is 5.75 Å². The van der Waals surface area contributed by atoms with Crippen LogP contribution in [0.15, 0.2) is 83.3 Å². The van der Waals surface area contributed by atoms with Crippen LogP contribution in [0.2, 0.25) is 0 Å². The number of pyridine rings is 1. The summed E-state index contributed by atoms with van der Waals surface area (Å²) in [7, 11) is 0. The highest BCUT2D eigenvalue weighted by atomic mass is 79.9. The van der Waals surface area contributed by atoms with Gasteiger partial charge in [-0.05, 0) is 54.4 Å². The number of halogens is 1. The SMILES string of the molecule is Cc1cc(N2CCN(C(=O)Oc3ccc(-c4ccc(Br)cc4)cc3)CC2)c2ccccc2n1. The Bertz CT molecular complexity index is 1280. The first-order valence-electron chi connectivity index (χ1n) is 11.0. The van der Waals surface area contributed by atoms with Crippen LogP contribution in [-0.2, 0) is 0 Å². The zero-order chi connectivity index (χ0) is 22.8. The molecule has 0 N–H and O–H groups in total. The van der Waals surface area contributed by atoms with Crippen LogP contribution in [0.3, 0.4) is 0 Å². The number of piperazine rings is 1. The number of hydrogen-bond donors (Lipinski definition) is 0. The molecule has 0 bridgehead atoms. The Kier molecular flexibility index (Phi) is 6.01. The third-order valence-electron chi connectivity index (χ3n) is 5.94. The molecule has 1 fully saturated rings. The molecule has 0 unspecified atom stereocenters. The quantitative estimate of drug-likeness (QED) is 0.330. The normalized spacial score (nSPS) is 13.9. The van der Waals surface area contributed by atoms with Crippen molar-refractivity contribution in [1.82, 2.24) is 9.88 Å². The molecule has 33 heavy (non-hydrogen) atoms. The number of aryl methyl sites for hydroxylation is 1. The van der Waals surface area contributed by atoms with Gasteiger partial charge in [0.05, 0.1) is 5.52 Å². The number of fused-ring (bicyclic) bond motifs is 1. The van der Waals surface area contributed by atoms with Crippen molar-refractivity contribution >= 4 is 38.6 Å². The smallest absolute Gasteiger partial charge is 0.410 e. The lowest BCUT2D eigenvalue weighted by Crippen LogP contribution is -2.49. The summed E-state index contributed by atoms with van der Waals surface area (Å²) in [5.74, 6) is 0.555. The van der Waals surface area contributed by atoms with E-state index in [-0.39, 0.29) is 6.09 Å². The number of para-hydroxylation sites is 1. The minimum Gasteiger partial charge on any atom is -0.410 e. The van der Waals surface area contributed by atoms with Gasteiger partial charge >= 0.3 is 6.09 Å². The molecule has 4 aromatic rings. The van der Waals surface area contributed by atoms with E-state index in [1.807, 2.05) is 61.5 Å². The van der Waals surface area contributed by atoms with Crippen LogP contribution in [0, 0.1) is 6.92 Å². The molecular weight excluding hydrogens is 478 g/mol. The van der Waals surface area contributed by atoms with Gasteiger partial charge in [0.15, 0.2) is 0 Å². The average Bonchev–Trinajstić information content (AvgIpc) is 2.84. The van der Waals surface area contributed by atoms with Gasteiger partial charge in [-0.1, -0.05) is 58.4 Å². The second-order valence-corrected chi connectivity index (χ2v) is 9.09. The fourth-order valence-corrected chi connectivity index (χ4v) is 4.46. The third-order valence-corrected chi connectivity index (χ3v) is 6.47. The van der Waals surface area contributed by atoms with Crippen molar-refractivity contribution in [2.75, 3.05) is 31.1 Å². The van der Waals surface area contributed by atoms with Crippen LogP contribution >= 0.6 is 15.9 Å². The molecule has 5 nitrogen and oxygen atoms in total. The van der Waals surface area contributed by atoms with E-state index in [1.165, 1.54) is 5.69 Å². The summed E-state index contributed by atoms with van der Waals surface area (Å²) in [6.07, 6.45) is -0.304. The number of aromatic nitrogens is 1. The predicted octanol–water partition coefficient (Wildman–Crippen LogP) is 6.29. The fraction of sp³-hybridized carbons (Fsp3) is 0.185. The summed E-state index contributed by atoms with van der Waals surface area (Å²) in [6, 6.07) is 26.1. The number of ether oxygens (including phenoxy) is 1. The van der Waals surface area contributed by atoms with Gasteiger partial charge in [0.25, 0.3) is 0 Å². The first kappa shape index (κ1) is 21.5. The molecule has 5 rings (SSSR count). The van der Waals surface area contributed by atoms with E-state index in [1.54, 1.807) is 4.90 Å². The Balaban J connectivity index is 1.22. The van der Waals surface area contributed by atoms with E-state index in [2.05, 4.69) is 50.1 Å². The first-order chi connectivity index (χ1) is 16.1. The van der Waals surface area contributed by atoms with Gasteiger partial charge in [-0.25, -0.2) is 4.79 Å². The van der Waals surface area contributed by atoms with E-state index < -0.39 is 0 Å². The summed E-state index contributed by atoms with van der Waals surface area (Å²) >= 11 is 3.46. The molecule has 3 aromatic carbocycles. The molecule has 1 saturated heterocycles. The maximum atomic E-state index is 12.7. The number of hydrogen-bond acceptors (Lipinski definition) is 4. The van der Waals surface area contributed by atoms with Crippen molar-refractivity contribution in [2.24, 2.45) is 0 Å². The molecule has 0 atom stereocenters. The molecule has 0 aliphatic carbocycles. The van der Waals surface area contributed by atoms with Crippen molar-refractivity contribution in [2.45, 2.75) is 6.92 Å². The molecular formula is C27H24BrN3O2. The van der Waals surface area contributed by atoms with E-state index >= 15 is 0 Å². The van der Waals surface area contributed by atoms with Crippen LogP contribution in [0.5, 0.6) is 5.75 Å². The minimum absolute atomic E-state index is 0.304. The number of amides is 1. The van der Waals surface area contributed by atoms with Crippen molar-refractivity contribution in [3.8, 4) is 16.9 Å². The highest BCUT2D eigenvalue weighted by Gasteiger charge is 2.24. The summed E-state index contributed by atoms with van der Waals surface area (Å²) < 4.78 is 6.69. The lowest BCUT2D eigenvalue weighted by Gasteiger charge is -2.36. The highest BCUT2D eigenvalue weighted by Crippen LogP contribution is 2.28. The van der Waals surface area contributed by atoms with Crippen molar-refractivity contribution in [1.29, 1.82) is 0 Å². The van der Waals surface area contributed by atoms with E-state index in [0.29, 0.717) is 18.8 Å². The van der Waals surface area contributed by atoms with Gasteiger partial charge in [-0.2, -0.15) is 0 Å². The van der Waals surface area contributed by atoms with Crippen molar-refractivity contribution in [3.63, 3.8) is 0 Å². The Morgan fingerprint density at radius 1 is 0.879 bits per heavy atom. The molecule has 6 heteroatoms. The lowest BCUT2D eigenvalue weighted by molar-refractivity contribution is 0.149. The summed E-state index contributed by atoms with van der Waals surface area (Å²) in [6.45, 7) is 4.76. The van der Waals surface area contributed by atoms with Crippen LogP contribution in [0.1, 0.15) is 5.69 Å².